The molecule has 1 aromatic heterocycles. The van der Waals surface area contributed by atoms with Crippen molar-refractivity contribution in [2.45, 2.75) is 122 Å². The number of anilines is 1. The van der Waals surface area contributed by atoms with Gasteiger partial charge in [0.15, 0.2) is 8.32 Å². The van der Waals surface area contributed by atoms with Gasteiger partial charge in [-0.2, -0.15) is 0 Å². The predicted octanol–water partition coefficient (Wildman–Crippen LogP) is 11.6. The van der Waals surface area contributed by atoms with Crippen molar-refractivity contribution >= 4 is 43.2 Å². The normalized spacial score (nSPS) is 16.2. The fourth-order valence-corrected chi connectivity index (χ4v) is 8.80. The molecule has 0 aliphatic heterocycles. The van der Waals surface area contributed by atoms with E-state index >= 15 is 0 Å². The van der Waals surface area contributed by atoms with Crippen LogP contribution in [0.5, 0.6) is 11.5 Å². The molecule has 0 spiro atoms. The van der Waals surface area contributed by atoms with Crippen molar-refractivity contribution in [3.63, 3.8) is 0 Å². The number of carbonyl (C=O) groups is 2. The number of ether oxygens (including phenoxy) is 3. The first-order valence-corrected chi connectivity index (χ1v) is 25.5. The van der Waals surface area contributed by atoms with E-state index in [2.05, 4.69) is 85.2 Å². The van der Waals surface area contributed by atoms with Crippen LogP contribution in [0, 0.1) is 0 Å². The summed E-state index contributed by atoms with van der Waals surface area (Å²) < 4.78 is 24.2. The Morgan fingerprint density at radius 2 is 1.60 bits per heavy atom. The highest BCUT2D eigenvalue weighted by atomic mass is 28.4. The first kappa shape index (κ1) is 48.6. The molecule has 0 saturated heterocycles. The lowest BCUT2D eigenvalue weighted by Gasteiger charge is -2.39. The third kappa shape index (κ3) is 14.0. The topological polar surface area (TPSA) is 160 Å². The summed E-state index contributed by atoms with van der Waals surface area (Å²) in [6, 6.07) is 30.6. The highest BCUT2D eigenvalue weighted by Gasteiger charge is 2.40. The molecule has 4 aromatic carbocycles. The van der Waals surface area contributed by atoms with Gasteiger partial charge in [-0.1, -0.05) is 87.5 Å². The third-order valence-corrected chi connectivity index (χ3v) is 16.5. The van der Waals surface area contributed by atoms with Crippen LogP contribution in [0.2, 0.25) is 18.1 Å². The number of hydrogen-bond donors (Lipinski definition) is 5. The molecule has 1 aliphatic rings. The van der Waals surface area contributed by atoms with Crippen molar-refractivity contribution < 1.29 is 33.3 Å². The number of amides is 2. The van der Waals surface area contributed by atoms with E-state index in [1.165, 1.54) is 6.07 Å². The van der Waals surface area contributed by atoms with Crippen LogP contribution in [-0.4, -0.2) is 61.5 Å². The third-order valence-electron chi connectivity index (χ3n) is 12.0. The van der Waals surface area contributed by atoms with Crippen LogP contribution in [0.25, 0.3) is 28.1 Å². The summed E-state index contributed by atoms with van der Waals surface area (Å²) in [5.74, 6) is 0.811. The van der Waals surface area contributed by atoms with Crippen LogP contribution >= 0.6 is 0 Å². The summed E-state index contributed by atoms with van der Waals surface area (Å²) in [6.45, 7) is 18.2. The highest BCUT2D eigenvalue weighted by molar-refractivity contribution is 6.74. The second-order valence-corrected chi connectivity index (χ2v) is 24.0. The minimum Gasteiger partial charge on any atom is -0.506 e. The fourth-order valence-electron chi connectivity index (χ4n) is 7.52. The number of nitrogens with one attached hydrogen (secondary N) is 4. The number of rotatable bonds is 16. The van der Waals surface area contributed by atoms with Crippen molar-refractivity contribution in [2.75, 3.05) is 18.5 Å². The molecule has 1 fully saturated rings. The summed E-state index contributed by atoms with van der Waals surface area (Å²) >= 11 is 0. The summed E-state index contributed by atoms with van der Waals surface area (Å²) in [5, 5.41) is 20.8. The second-order valence-electron chi connectivity index (χ2n) is 19.3. The molecule has 12 nitrogen and oxygen atoms in total. The Morgan fingerprint density at radius 1 is 0.877 bits per heavy atom. The molecule has 2 amide bonds. The lowest BCUT2D eigenvalue weighted by Crippen LogP contribution is -2.43. The highest BCUT2D eigenvalue weighted by Crippen LogP contribution is 2.41. The van der Waals surface area contributed by atoms with Crippen molar-refractivity contribution in [1.82, 2.24) is 15.6 Å². The quantitative estimate of drug-likeness (QED) is 0.0480. The van der Waals surface area contributed by atoms with Gasteiger partial charge in [-0.05, 0) is 130 Å². The van der Waals surface area contributed by atoms with Crippen LogP contribution < -0.4 is 26.2 Å². The molecule has 13 heteroatoms. The Balaban J connectivity index is 0.993. The first-order chi connectivity index (χ1) is 30.8. The zero-order valence-corrected chi connectivity index (χ0v) is 40.1. The molecule has 1 atom stereocenters. The van der Waals surface area contributed by atoms with E-state index < -0.39 is 26.1 Å². The van der Waals surface area contributed by atoms with E-state index in [4.69, 9.17) is 18.6 Å². The molecule has 5 aromatic rings. The van der Waals surface area contributed by atoms with Gasteiger partial charge in [0.1, 0.15) is 23.2 Å². The van der Waals surface area contributed by atoms with E-state index in [-0.39, 0.29) is 34.6 Å². The van der Waals surface area contributed by atoms with Crippen LogP contribution in [0.15, 0.2) is 108 Å². The van der Waals surface area contributed by atoms with Gasteiger partial charge in [-0.25, -0.2) is 9.59 Å². The number of carbonyl (C=O) groups excluding carboxylic acids is 2. The van der Waals surface area contributed by atoms with Crippen molar-refractivity contribution in [2.24, 2.45) is 0 Å². The number of benzene rings is 4. The number of phenolic OH excluding ortho intramolecular Hbond substituents is 1. The summed E-state index contributed by atoms with van der Waals surface area (Å²) in [7, 11) is -2.20. The number of fused-ring (bicyclic) bond motifs is 1. The molecule has 0 bridgehead atoms. The number of H-pyrrole nitrogens is 1. The molecule has 5 N–H and O–H groups in total. The molecule has 6 rings (SSSR count). The molecular weight excluding hydrogens is 837 g/mol. The Hall–Kier alpha value is -5.89. The summed E-state index contributed by atoms with van der Waals surface area (Å²) in [5.41, 5.74) is 5.09. The van der Waals surface area contributed by atoms with Gasteiger partial charge in [0, 0.05) is 36.1 Å². The van der Waals surface area contributed by atoms with Crippen LogP contribution in [-0.2, 0) is 20.4 Å². The minimum atomic E-state index is -2.20. The Morgan fingerprint density at radius 3 is 2.29 bits per heavy atom. The van der Waals surface area contributed by atoms with Gasteiger partial charge in [-0.3, -0.25) is 10.1 Å². The molecule has 0 radical (unpaired) electrons. The van der Waals surface area contributed by atoms with Gasteiger partial charge in [0.05, 0.1) is 23.9 Å². The maximum Gasteiger partial charge on any atom is 0.411 e. The Labute approximate surface area is 384 Å². The number of alkyl carbamates (subject to hydrolysis) is 1. The SMILES string of the molecule is CC(C)(C)OC(=O)NC1CCC(OC(=O)Nc2ccc(/C=C/CCOc3ccc(CNC[C@@H](O[Si](C)(C)C(C)(C)C)c4ccc(O)c5[nH]c(=O)ccc45)cc3)cc2-c2ccccc2)CC1. The zero-order valence-electron chi connectivity index (χ0n) is 39.1. The predicted molar refractivity (Wildman–Crippen MR) is 262 cm³/mol. The van der Waals surface area contributed by atoms with Gasteiger partial charge in [0.25, 0.3) is 0 Å². The van der Waals surface area contributed by atoms with Crippen molar-refractivity contribution in [3.8, 4) is 22.6 Å². The average Bonchev–Trinajstić information content (AvgIpc) is 3.24. The van der Waals surface area contributed by atoms with Crippen LogP contribution in [0.3, 0.4) is 0 Å². The van der Waals surface area contributed by atoms with Crippen molar-refractivity contribution in [1.29, 1.82) is 0 Å². The number of aromatic nitrogens is 1. The van der Waals surface area contributed by atoms with Gasteiger partial charge in [0.2, 0.25) is 5.56 Å². The Bertz CT molecular complexity index is 2470. The first-order valence-electron chi connectivity index (χ1n) is 22.6. The summed E-state index contributed by atoms with van der Waals surface area (Å²) in [4.78, 5) is 40.2. The van der Waals surface area contributed by atoms with E-state index in [0.717, 1.165) is 39.0 Å². The monoisotopic (exact) mass is 902 g/mol. The Kier molecular flexibility index (Phi) is 16.0. The lowest BCUT2D eigenvalue weighted by atomic mass is 9.93. The van der Waals surface area contributed by atoms with Gasteiger partial charge >= 0.3 is 12.2 Å². The van der Waals surface area contributed by atoms with Crippen LogP contribution in [0.4, 0.5) is 15.3 Å². The fraction of sp³-hybridized carbons (Fsp3) is 0.404. The number of aromatic amines is 1. The molecule has 1 saturated carbocycles. The summed E-state index contributed by atoms with van der Waals surface area (Å²) in [6.07, 6.45) is 6.07. The van der Waals surface area contributed by atoms with E-state index in [1.54, 1.807) is 12.1 Å². The smallest absolute Gasteiger partial charge is 0.411 e. The van der Waals surface area contributed by atoms with Crippen LogP contribution in [0.1, 0.15) is 96.4 Å². The van der Waals surface area contributed by atoms with E-state index in [1.807, 2.05) is 81.4 Å². The van der Waals surface area contributed by atoms with Gasteiger partial charge in [-0.15, -0.1) is 0 Å². The molecule has 346 valence electrons. The minimum absolute atomic E-state index is 0.0117. The zero-order chi connectivity index (χ0) is 46.8. The lowest BCUT2D eigenvalue weighted by molar-refractivity contribution is 0.0440. The maximum atomic E-state index is 13.1. The molecule has 1 aliphatic carbocycles. The largest absolute Gasteiger partial charge is 0.506 e. The molecule has 0 unspecified atom stereocenters. The van der Waals surface area contributed by atoms with E-state index in [0.29, 0.717) is 63.0 Å². The van der Waals surface area contributed by atoms with Gasteiger partial charge < -0.3 is 39.4 Å². The molecule has 1 heterocycles. The maximum absolute atomic E-state index is 13.1. The average molecular weight is 903 g/mol. The molecular formula is C52H66N4O8Si. The second kappa shape index (κ2) is 21.4. The number of hydrogen-bond acceptors (Lipinski definition) is 9. The number of pyridine rings is 1. The number of aromatic hydroxyl groups is 1. The standard InChI is InChI=1S/C52H66N4O8Si/c1-51(2,3)63-50(60)54-38-20-24-40(25-21-38)62-49(59)55-44-28-19-35(32-43(44)37-15-10-9-11-16-37)14-12-13-31-61-39-22-17-36(18-23-39)33-53-34-46(64-65(7,8)52(4,5)6)41-26-29-45(57)48-42(41)27-30-47(58)56-48/h9-12,14-19,22-23,26-30,32,38,40,46,53,57H,13,20-21,24-25,31,33-34H2,1-8H3,(H,54,60)(H,55,59)(H,56,58)/b14-12+/t38?,40?,46-/m1/s1. The van der Waals surface area contributed by atoms with Crippen molar-refractivity contribution in [3.05, 3.63) is 130 Å². The number of phenols is 1. The molecule has 65 heavy (non-hydrogen) atoms. The van der Waals surface area contributed by atoms with E-state index in [9.17, 15) is 19.5 Å².